The van der Waals surface area contributed by atoms with Crippen LogP contribution in [0.4, 0.5) is 0 Å². The van der Waals surface area contributed by atoms with Crippen molar-refractivity contribution in [1.29, 1.82) is 0 Å². The van der Waals surface area contributed by atoms with Gasteiger partial charge in [-0.2, -0.15) is 0 Å². The van der Waals surface area contributed by atoms with E-state index in [1.807, 2.05) is 0 Å². The van der Waals surface area contributed by atoms with Crippen LogP contribution in [0.5, 0.6) is 0 Å². The second-order valence-electron chi connectivity index (χ2n) is 3.81. The first-order valence-electron chi connectivity index (χ1n) is 5.04. The molecule has 1 rings (SSSR count). The van der Waals surface area contributed by atoms with Crippen LogP contribution in [0.3, 0.4) is 0 Å². The highest BCUT2D eigenvalue weighted by atomic mass is 14.9. The minimum absolute atomic E-state index is 0.820. The number of hydrogen-bond donors (Lipinski definition) is 1. The molecule has 0 aromatic heterocycles. The molecule has 0 aromatic rings. The van der Waals surface area contributed by atoms with Crippen LogP contribution >= 0.6 is 0 Å². The Morgan fingerprint density at radius 2 is 2.18 bits per heavy atom. The molecule has 0 amide bonds. The lowest BCUT2D eigenvalue weighted by Crippen LogP contribution is -2.31. The van der Waals surface area contributed by atoms with Gasteiger partial charge in [0, 0.05) is 6.04 Å². The third kappa shape index (κ3) is 2.82. The lowest BCUT2D eigenvalue weighted by molar-refractivity contribution is 0.281. The van der Waals surface area contributed by atoms with Crippen molar-refractivity contribution in [3.8, 4) is 0 Å². The van der Waals surface area contributed by atoms with Crippen LogP contribution < -0.4 is 5.32 Å². The summed E-state index contributed by atoms with van der Waals surface area (Å²) in [5.74, 6) is 1.02. The van der Waals surface area contributed by atoms with Gasteiger partial charge in [-0.15, -0.1) is 0 Å². The fourth-order valence-electron chi connectivity index (χ4n) is 2.22. The summed E-state index contributed by atoms with van der Waals surface area (Å²) in [6.07, 6.45) is 8.54. The maximum Gasteiger partial charge on any atom is 0.00667 e. The van der Waals surface area contributed by atoms with Gasteiger partial charge in [0.1, 0.15) is 0 Å². The van der Waals surface area contributed by atoms with Crippen molar-refractivity contribution >= 4 is 0 Å². The molecule has 0 heterocycles. The zero-order valence-corrected chi connectivity index (χ0v) is 7.90. The van der Waals surface area contributed by atoms with Crippen molar-refractivity contribution in [1.82, 2.24) is 5.32 Å². The van der Waals surface area contributed by atoms with Crippen LogP contribution in [0.1, 0.15) is 45.4 Å². The highest BCUT2D eigenvalue weighted by molar-refractivity contribution is 4.76. The van der Waals surface area contributed by atoms with Crippen molar-refractivity contribution in [2.75, 3.05) is 7.05 Å². The van der Waals surface area contributed by atoms with E-state index in [4.69, 9.17) is 0 Å². The molecule has 0 aromatic carbocycles. The van der Waals surface area contributed by atoms with Gasteiger partial charge in [0.05, 0.1) is 0 Å². The van der Waals surface area contributed by atoms with E-state index in [0.717, 1.165) is 12.0 Å². The standard InChI is InChI=1S/C10H21N/c1-3-5-9-6-4-7-10(8-9)11-2/h9-11H,3-8H2,1-2H3/t9-,10+/m1/s1. The minimum Gasteiger partial charge on any atom is -0.317 e. The van der Waals surface area contributed by atoms with Gasteiger partial charge in [-0.05, 0) is 25.8 Å². The maximum atomic E-state index is 3.39. The van der Waals surface area contributed by atoms with E-state index in [0.29, 0.717) is 0 Å². The third-order valence-electron chi connectivity index (χ3n) is 2.89. The molecule has 1 aliphatic carbocycles. The van der Waals surface area contributed by atoms with Gasteiger partial charge < -0.3 is 5.32 Å². The van der Waals surface area contributed by atoms with Gasteiger partial charge in [0.25, 0.3) is 0 Å². The van der Waals surface area contributed by atoms with E-state index in [1.54, 1.807) is 0 Å². The SMILES string of the molecule is CCC[C@@H]1CCC[C@H](NC)C1. The van der Waals surface area contributed by atoms with Crippen molar-refractivity contribution in [2.45, 2.75) is 51.5 Å². The Morgan fingerprint density at radius 3 is 2.82 bits per heavy atom. The molecule has 0 saturated heterocycles. The second-order valence-corrected chi connectivity index (χ2v) is 3.81. The van der Waals surface area contributed by atoms with Crippen LogP contribution in [-0.4, -0.2) is 13.1 Å². The first-order valence-corrected chi connectivity index (χ1v) is 5.04. The van der Waals surface area contributed by atoms with Crippen LogP contribution in [0.15, 0.2) is 0 Å². The quantitative estimate of drug-likeness (QED) is 0.660. The van der Waals surface area contributed by atoms with Gasteiger partial charge in [-0.25, -0.2) is 0 Å². The van der Waals surface area contributed by atoms with Crippen LogP contribution in [0.2, 0.25) is 0 Å². The predicted molar refractivity (Wildman–Crippen MR) is 49.7 cm³/mol. The van der Waals surface area contributed by atoms with Crippen molar-refractivity contribution < 1.29 is 0 Å². The zero-order chi connectivity index (χ0) is 8.10. The van der Waals surface area contributed by atoms with Crippen LogP contribution in [0, 0.1) is 5.92 Å². The fraction of sp³-hybridized carbons (Fsp3) is 1.00. The lowest BCUT2D eigenvalue weighted by Gasteiger charge is -2.28. The van der Waals surface area contributed by atoms with E-state index in [9.17, 15) is 0 Å². The van der Waals surface area contributed by atoms with Crippen LogP contribution in [0.25, 0.3) is 0 Å². The van der Waals surface area contributed by atoms with Gasteiger partial charge in [-0.1, -0.05) is 32.6 Å². The van der Waals surface area contributed by atoms with Gasteiger partial charge >= 0.3 is 0 Å². The third-order valence-corrected chi connectivity index (χ3v) is 2.89. The molecule has 1 aliphatic rings. The molecule has 1 saturated carbocycles. The first kappa shape index (κ1) is 9.05. The summed E-state index contributed by atoms with van der Waals surface area (Å²) >= 11 is 0. The summed E-state index contributed by atoms with van der Waals surface area (Å²) in [6.45, 7) is 2.29. The molecular formula is C10H21N. The second kappa shape index (κ2) is 4.76. The molecule has 0 bridgehead atoms. The van der Waals surface area contributed by atoms with Gasteiger partial charge in [-0.3, -0.25) is 0 Å². The Balaban J connectivity index is 2.21. The van der Waals surface area contributed by atoms with Crippen molar-refractivity contribution in [2.24, 2.45) is 5.92 Å². The van der Waals surface area contributed by atoms with Gasteiger partial charge in [0.15, 0.2) is 0 Å². The molecule has 0 spiro atoms. The summed E-state index contributed by atoms with van der Waals surface area (Å²) in [5, 5.41) is 3.39. The molecule has 0 aliphatic heterocycles. The summed E-state index contributed by atoms with van der Waals surface area (Å²) in [6, 6.07) is 0.820. The zero-order valence-electron chi connectivity index (χ0n) is 7.90. The Hall–Kier alpha value is -0.0400. The Labute approximate surface area is 70.6 Å². The fourth-order valence-corrected chi connectivity index (χ4v) is 2.22. The smallest absolute Gasteiger partial charge is 0.00667 e. The lowest BCUT2D eigenvalue weighted by atomic mass is 9.83. The molecule has 1 fully saturated rings. The van der Waals surface area contributed by atoms with E-state index < -0.39 is 0 Å². The molecule has 2 atom stereocenters. The summed E-state index contributed by atoms with van der Waals surface area (Å²) in [4.78, 5) is 0. The molecule has 1 heteroatoms. The number of rotatable bonds is 3. The first-order chi connectivity index (χ1) is 5.36. The van der Waals surface area contributed by atoms with Gasteiger partial charge in [0.2, 0.25) is 0 Å². The van der Waals surface area contributed by atoms with E-state index in [2.05, 4.69) is 19.3 Å². The number of nitrogens with one attached hydrogen (secondary N) is 1. The molecule has 1 nitrogen and oxygen atoms in total. The molecule has 0 unspecified atom stereocenters. The monoisotopic (exact) mass is 155 g/mol. The summed E-state index contributed by atoms with van der Waals surface area (Å²) in [5.41, 5.74) is 0. The van der Waals surface area contributed by atoms with Crippen LogP contribution in [-0.2, 0) is 0 Å². The van der Waals surface area contributed by atoms with E-state index in [1.165, 1.54) is 38.5 Å². The van der Waals surface area contributed by atoms with E-state index in [-0.39, 0.29) is 0 Å². The average molecular weight is 155 g/mol. The Kier molecular flexibility index (Phi) is 3.92. The maximum absolute atomic E-state index is 3.39. The summed E-state index contributed by atoms with van der Waals surface area (Å²) in [7, 11) is 2.10. The topological polar surface area (TPSA) is 12.0 Å². The Bertz CT molecular complexity index is 99.0. The summed E-state index contributed by atoms with van der Waals surface area (Å²) < 4.78 is 0. The predicted octanol–water partition coefficient (Wildman–Crippen LogP) is 2.56. The van der Waals surface area contributed by atoms with Crippen molar-refractivity contribution in [3.05, 3.63) is 0 Å². The molecule has 11 heavy (non-hydrogen) atoms. The molecule has 0 radical (unpaired) electrons. The highest BCUT2D eigenvalue weighted by Gasteiger charge is 2.19. The normalized spacial score (nSPS) is 32.2. The largest absolute Gasteiger partial charge is 0.317 e. The number of hydrogen-bond acceptors (Lipinski definition) is 1. The highest BCUT2D eigenvalue weighted by Crippen LogP contribution is 2.27. The molecule has 66 valence electrons. The molecule has 1 N–H and O–H groups in total. The van der Waals surface area contributed by atoms with E-state index >= 15 is 0 Å². The molecular weight excluding hydrogens is 134 g/mol. The average Bonchev–Trinajstić information content (AvgIpc) is 2.06. The van der Waals surface area contributed by atoms with Crippen molar-refractivity contribution in [3.63, 3.8) is 0 Å². The minimum atomic E-state index is 0.820. The Morgan fingerprint density at radius 1 is 1.36 bits per heavy atom.